The molecule has 2 aromatic rings. The van der Waals surface area contributed by atoms with E-state index in [1.807, 2.05) is 18.8 Å². The second-order valence-electron chi connectivity index (χ2n) is 5.69. The molecule has 0 aliphatic heterocycles. The van der Waals surface area contributed by atoms with Crippen LogP contribution in [0.25, 0.3) is 0 Å². The third-order valence-electron chi connectivity index (χ3n) is 4.05. The number of thioether (sulfide) groups is 1. The lowest BCUT2D eigenvalue weighted by Crippen LogP contribution is -2.05. The van der Waals surface area contributed by atoms with Crippen molar-refractivity contribution in [2.45, 2.75) is 48.9 Å². The van der Waals surface area contributed by atoms with Gasteiger partial charge in [-0.05, 0) is 43.7 Å². The molecule has 0 atom stereocenters. The van der Waals surface area contributed by atoms with Crippen molar-refractivity contribution in [3.8, 4) is 0 Å². The summed E-state index contributed by atoms with van der Waals surface area (Å²) >= 11 is 1.86. The number of nitrogens with zero attached hydrogens (tertiary/aromatic N) is 2. The van der Waals surface area contributed by atoms with Crippen molar-refractivity contribution >= 4 is 11.8 Å². The Bertz CT molecular complexity index is 556. The molecular formula is C17H23N3S. The minimum Gasteiger partial charge on any atom is -0.316 e. The van der Waals surface area contributed by atoms with E-state index in [9.17, 15) is 0 Å². The largest absolute Gasteiger partial charge is 0.316 e. The van der Waals surface area contributed by atoms with Crippen molar-refractivity contribution in [1.29, 1.82) is 0 Å². The molecule has 4 heteroatoms. The van der Waals surface area contributed by atoms with Crippen LogP contribution in [-0.4, -0.2) is 16.8 Å². The summed E-state index contributed by atoms with van der Waals surface area (Å²) in [6.07, 6.45) is 7.45. The summed E-state index contributed by atoms with van der Waals surface area (Å²) in [4.78, 5) is 1.31. The fourth-order valence-corrected chi connectivity index (χ4v) is 3.69. The Morgan fingerprint density at radius 3 is 2.67 bits per heavy atom. The van der Waals surface area contributed by atoms with Crippen molar-refractivity contribution < 1.29 is 0 Å². The average Bonchev–Trinajstić information content (AvgIpc) is 3.18. The number of nitrogens with one attached hydrogen (secondary N) is 1. The molecule has 0 spiro atoms. The number of aromatic nitrogens is 2. The molecule has 1 saturated carbocycles. The molecule has 0 saturated heterocycles. The standard InChI is InChI=1S/C17H23N3S/c1-18-12-14-6-8-17(9-7-14)21-13-15-10-11-20(19-15)16-4-2-3-5-16/h6-11,16,18H,2-5,12-13H2,1H3. The molecule has 3 nitrogen and oxygen atoms in total. The molecule has 0 bridgehead atoms. The first-order chi connectivity index (χ1) is 10.3. The van der Waals surface area contributed by atoms with Gasteiger partial charge >= 0.3 is 0 Å². The molecule has 1 heterocycles. The van der Waals surface area contributed by atoms with E-state index < -0.39 is 0 Å². The molecule has 1 aromatic heterocycles. The Kier molecular flexibility index (Phi) is 4.99. The summed E-state index contributed by atoms with van der Waals surface area (Å²) in [5, 5.41) is 7.91. The first kappa shape index (κ1) is 14.7. The van der Waals surface area contributed by atoms with Gasteiger partial charge in [-0.15, -0.1) is 11.8 Å². The van der Waals surface area contributed by atoms with E-state index >= 15 is 0 Å². The van der Waals surface area contributed by atoms with Crippen molar-refractivity contribution in [3.05, 3.63) is 47.8 Å². The third-order valence-corrected chi connectivity index (χ3v) is 5.10. The van der Waals surface area contributed by atoms with Crippen molar-refractivity contribution in [3.63, 3.8) is 0 Å². The second kappa shape index (κ2) is 7.14. The van der Waals surface area contributed by atoms with Gasteiger partial charge in [0.25, 0.3) is 0 Å². The van der Waals surface area contributed by atoms with Crippen molar-refractivity contribution in [2.75, 3.05) is 7.05 Å². The van der Waals surface area contributed by atoms with Gasteiger partial charge in [-0.3, -0.25) is 4.68 Å². The van der Waals surface area contributed by atoms with E-state index in [0.29, 0.717) is 6.04 Å². The molecule has 1 aliphatic rings. The molecule has 1 fully saturated rings. The minimum absolute atomic E-state index is 0.643. The quantitative estimate of drug-likeness (QED) is 0.818. The zero-order valence-corrected chi connectivity index (χ0v) is 13.4. The Balaban J connectivity index is 1.54. The predicted octanol–water partition coefficient (Wildman–Crippen LogP) is 4.01. The van der Waals surface area contributed by atoms with Gasteiger partial charge in [-0.25, -0.2) is 0 Å². The van der Waals surface area contributed by atoms with Gasteiger partial charge in [0.1, 0.15) is 0 Å². The van der Waals surface area contributed by atoms with E-state index in [0.717, 1.165) is 12.3 Å². The van der Waals surface area contributed by atoms with Crippen LogP contribution < -0.4 is 5.32 Å². The molecule has 1 aromatic carbocycles. The normalized spacial score (nSPS) is 15.7. The van der Waals surface area contributed by atoms with Gasteiger partial charge in [0.2, 0.25) is 0 Å². The van der Waals surface area contributed by atoms with Gasteiger partial charge in [-0.1, -0.05) is 25.0 Å². The Morgan fingerprint density at radius 2 is 1.95 bits per heavy atom. The fourth-order valence-electron chi connectivity index (χ4n) is 2.89. The minimum atomic E-state index is 0.643. The van der Waals surface area contributed by atoms with E-state index in [-0.39, 0.29) is 0 Å². The van der Waals surface area contributed by atoms with Crippen LogP contribution in [-0.2, 0) is 12.3 Å². The zero-order valence-electron chi connectivity index (χ0n) is 12.6. The van der Waals surface area contributed by atoms with Crippen LogP contribution in [0.5, 0.6) is 0 Å². The number of benzene rings is 1. The summed E-state index contributed by atoms with van der Waals surface area (Å²) in [5.74, 6) is 0.949. The summed E-state index contributed by atoms with van der Waals surface area (Å²) < 4.78 is 2.18. The lowest BCUT2D eigenvalue weighted by molar-refractivity contribution is 0.464. The van der Waals surface area contributed by atoms with Crippen LogP contribution in [0, 0.1) is 0 Å². The van der Waals surface area contributed by atoms with E-state index in [1.165, 1.54) is 41.8 Å². The summed E-state index contributed by atoms with van der Waals surface area (Å²) in [7, 11) is 1.98. The fraction of sp³-hybridized carbons (Fsp3) is 0.471. The molecule has 0 unspecified atom stereocenters. The highest BCUT2D eigenvalue weighted by atomic mass is 32.2. The highest BCUT2D eigenvalue weighted by Crippen LogP contribution is 2.29. The van der Waals surface area contributed by atoms with E-state index in [2.05, 4.69) is 46.5 Å². The first-order valence-electron chi connectivity index (χ1n) is 7.75. The molecule has 3 rings (SSSR count). The van der Waals surface area contributed by atoms with Gasteiger partial charge in [0.15, 0.2) is 0 Å². The van der Waals surface area contributed by atoms with E-state index in [1.54, 1.807) is 0 Å². The summed E-state index contributed by atoms with van der Waals surface area (Å²) in [6.45, 7) is 0.927. The van der Waals surface area contributed by atoms with Crippen LogP contribution >= 0.6 is 11.8 Å². The molecular weight excluding hydrogens is 278 g/mol. The lowest BCUT2D eigenvalue weighted by atomic mass is 10.2. The van der Waals surface area contributed by atoms with Gasteiger partial charge in [-0.2, -0.15) is 5.10 Å². The lowest BCUT2D eigenvalue weighted by Gasteiger charge is -2.08. The summed E-state index contributed by atoms with van der Waals surface area (Å²) in [6, 6.07) is 11.6. The van der Waals surface area contributed by atoms with Gasteiger partial charge in [0, 0.05) is 23.4 Å². The smallest absolute Gasteiger partial charge is 0.0727 e. The van der Waals surface area contributed by atoms with E-state index in [4.69, 9.17) is 5.10 Å². The second-order valence-corrected chi connectivity index (χ2v) is 6.74. The topological polar surface area (TPSA) is 29.9 Å². The monoisotopic (exact) mass is 301 g/mol. The van der Waals surface area contributed by atoms with Gasteiger partial charge in [0.05, 0.1) is 11.7 Å². The molecule has 0 radical (unpaired) electrons. The molecule has 21 heavy (non-hydrogen) atoms. The highest BCUT2D eigenvalue weighted by Gasteiger charge is 2.17. The zero-order chi connectivity index (χ0) is 14.5. The molecule has 112 valence electrons. The van der Waals surface area contributed by atoms with Gasteiger partial charge < -0.3 is 5.32 Å². The Labute approximate surface area is 131 Å². The Morgan fingerprint density at radius 1 is 1.19 bits per heavy atom. The van der Waals surface area contributed by atoms with Crippen LogP contribution in [0.2, 0.25) is 0 Å². The van der Waals surface area contributed by atoms with Crippen LogP contribution in [0.3, 0.4) is 0 Å². The maximum atomic E-state index is 4.74. The SMILES string of the molecule is CNCc1ccc(SCc2ccn(C3CCCC3)n2)cc1. The molecule has 1 aliphatic carbocycles. The van der Waals surface area contributed by atoms with Crippen LogP contribution in [0.1, 0.15) is 43.0 Å². The third kappa shape index (κ3) is 3.89. The predicted molar refractivity (Wildman–Crippen MR) is 88.5 cm³/mol. The number of rotatable bonds is 6. The number of hydrogen-bond donors (Lipinski definition) is 1. The van der Waals surface area contributed by atoms with Crippen molar-refractivity contribution in [2.24, 2.45) is 0 Å². The van der Waals surface area contributed by atoms with Crippen LogP contribution in [0.15, 0.2) is 41.4 Å². The maximum absolute atomic E-state index is 4.74. The average molecular weight is 301 g/mol. The number of hydrogen-bond acceptors (Lipinski definition) is 3. The van der Waals surface area contributed by atoms with Crippen LogP contribution in [0.4, 0.5) is 0 Å². The highest BCUT2D eigenvalue weighted by molar-refractivity contribution is 7.98. The maximum Gasteiger partial charge on any atom is 0.0727 e. The molecule has 1 N–H and O–H groups in total. The first-order valence-corrected chi connectivity index (χ1v) is 8.74. The summed E-state index contributed by atoms with van der Waals surface area (Å²) in [5.41, 5.74) is 2.51. The molecule has 0 amide bonds. The van der Waals surface area contributed by atoms with Crippen molar-refractivity contribution in [1.82, 2.24) is 15.1 Å². The Hall–Kier alpha value is -1.26.